The number of hydrogen-bond acceptors (Lipinski definition) is 9. The molecule has 0 atom stereocenters. The topological polar surface area (TPSA) is 114 Å². The van der Waals surface area contributed by atoms with Crippen molar-refractivity contribution in [3.05, 3.63) is 30.3 Å². The molecular formula is C22H28FN5O5S. The fraction of sp³-hybridized carbons (Fsp3) is 0.500. The van der Waals surface area contributed by atoms with Crippen molar-refractivity contribution in [3.63, 3.8) is 0 Å². The van der Waals surface area contributed by atoms with Crippen LogP contribution in [0.15, 0.2) is 29.4 Å². The van der Waals surface area contributed by atoms with E-state index in [1.807, 2.05) is 13.8 Å². The lowest BCUT2D eigenvalue weighted by Crippen LogP contribution is -2.49. The van der Waals surface area contributed by atoms with E-state index >= 15 is 0 Å². The summed E-state index contributed by atoms with van der Waals surface area (Å²) < 4.78 is 49.1. The lowest BCUT2D eigenvalue weighted by molar-refractivity contribution is 0.0687. The van der Waals surface area contributed by atoms with E-state index in [9.17, 15) is 17.6 Å². The first-order valence-corrected chi connectivity index (χ1v) is 13.0. The molecule has 1 N–H and O–H groups in total. The molecule has 184 valence electrons. The zero-order valence-electron chi connectivity index (χ0n) is 19.3. The fourth-order valence-corrected chi connectivity index (χ4v) is 4.72. The Balaban J connectivity index is 1.50. The minimum atomic E-state index is -3.52. The average molecular weight is 494 g/mol. The standard InChI is InChI=1S/C22H28FN5O5S/c1-14(2)33-22(29)27-8-6-15(7-9-27)28-10-11-32-19-20(24-13-25-21(19)28)26-18-5-4-16(12-17(18)23)34(3,30)31/h4-5,12-15H,6-11H2,1-3H3,(H,24,25,26). The zero-order chi connectivity index (χ0) is 24.5. The molecule has 1 fully saturated rings. The lowest BCUT2D eigenvalue weighted by atomic mass is 10.0. The predicted molar refractivity (Wildman–Crippen MR) is 124 cm³/mol. The number of rotatable bonds is 5. The maximum Gasteiger partial charge on any atom is 0.410 e. The van der Waals surface area contributed by atoms with E-state index < -0.39 is 15.7 Å². The number of halogens is 1. The molecule has 10 nitrogen and oxygen atoms in total. The van der Waals surface area contributed by atoms with Crippen LogP contribution in [0.4, 0.5) is 26.5 Å². The minimum Gasteiger partial charge on any atom is -0.485 e. The number of amides is 1. The number of hydrogen-bond donors (Lipinski definition) is 1. The largest absolute Gasteiger partial charge is 0.485 e. The predicted octanol–water partition coefficient (Wildman–Crippen LogP) is 2.97. The van der Waals surface area contributed by atoms with Crippen molar-refractivity contribution in [2.45, 2.75) is 43.7 Å². The second-order valence-electron chi connectivity index (χ2n) is 8.61. The van der Waals surface area contributed by atoms with Crippen LogP contribution in [-0.2, 0) is 14.6 Å². The van der Waals surface area contributed by atoms with Crippen molar-refractivity contribution in [3.8, 4) is 5.75 Å². The van der Waals surface area contributed by atoms with E-state index in [0.29, 0.717) is 43.6 Å². The summed E-state index contributed by atoms with van der Waals surface area (Å²) in [5, 5.41) is 2.90. The Bertz CT molecular complexity index is 1170. The quantitative estimate of drug-likeness (QED) is 0.671. The number of ether oxygens (including phenoxy) is 2. The second kappa shape index (κ2) is 9.61. The van der Waals surface area contributed by atoms with Crippen LogP contribution in [0.25, 0.3) is 0 Å². The number of benzene rings is 1. The molecule has 34 heavy (non-hydrogen) atoms. The summed E-state index contributed by atoms with van der Waals surface area (Å²) in [6, 6.07) is 3.81. The Morgan fingerprint density at radius 1 is 1.24 bits per heavy atom. The van der Waals surface area contributed by atoms with Gasteiger partial charge in [-0.05, 0) is 44.9 Å². The average Bonchev–Trinajstić information content (AvgIpc) is 2.79. The van der Waals surface area contributed by atoms with Crippen LogP contribution in [-0.4, -0.2) is 74.0 Å². The third kappa shape index (κ3) is 5.16. The van der Waals surface area contributed by atoms with Gasteiger partial charge in [0.25, 0.3) is 0 Å². The van der Waals surface area contributed by atoms with Crippen molar-refractivity contribution in [2.75, 3.05) is 42.7 Å². The SMILES string of the molecule is CC(C)OC(=O)N1CCC(N2CCOc3c(Nc4ccc(S(C)(=O)=O)cc4F)ncnc32)CC1. The first-order valence-electron chi connectivity index (χ1n) is 11.1. The fourth-order valence-electron chi connectivity index (χ4n) is 4.09. The number of fused-ring (bicyclic) bond motifs is 1. The summed E-state index contributed by atoms with van der Waals surface area (Å²) >= 11 is 0. The van der Waals surface area contributed by atoms with E-state index in [2.05, 4.69) is 20.2 Å². The van der Waals surface area contributed by atoms with Crippen molar-refractivity contribution in [2.24, 2.45) is 0 Å². The number of aromatic nitrogens is 2. The molecule has 3 heterocycles. The smallest absolute Gasteiger partial charge is 0.410 e. The van der Waals surface area contributed by atoms with Gasteiger partial charge in [0.1, 0.15) is 18.8 Å². The molecule has 0 spiro atoms. The molecule has 0 unspecified atom stereocenters. The molecule has 0 radical (unpaired) electrons. The number of likely N-dealkylation sites (tertiary alicyclic amines) is 1. The van der Waals surface area contributed by atoms with Crippen molar-refractivity contribution >= 4 is 33.3 Å². The van der Waals surface area contributed by atoms with E-state index in [1.54, 1.807) is 4.90 Å². The summed E-state index contributed by atoms with van der Waals surface area (Å²) in [4.78, 5) is 24.6. The van der Waals surface area contributed by atoms with Gasteiger partial charge >= 0.3 is 6.09 Å². The van der Waals surface area contributed by atoms with Crippen LogP contribution in [0.5, 0.6) is 5.75 Å². The second-order valence-corrected chi connectivity index (χ2v) is 10.6. The van der Waals surface area contributed by atoms with E-state index in [-0.39, 0.29) is 28.8 Å². The summed E-state index contributed by atoms with van der Waals surface area (Å²) in [7, 11) is -3.52. The Labute approximate surface area is 198 Å². The monoisotopic (exact) mass is 493 g/mol. The van der Waals surface area contributed by atoms with Crippen LogP contribution < -0.4 is 15.0 Å². The number of piperidine rings is 1. The van der Waals surface area contributed by atoms with Crippen molar-refractivity contribution in [1.82, 2.24) is 14.9 Å². The molecule has 2 aliphatic rings. The summed E-state index contributed by atoms with van der Waals surface area (Å²) in [6.07, 6.45) is 3.44. The number of sulfone groups is 1. The van der Waals surface area contributed by atoms with Crippen molar-refractivity contribution in [1.29, 1.82) is 0 Å². The van der Waals surface area contributed by atoms with Gasteiger partial charge in [-0.25, -0.2) is 27.6 Å². The zero-order valence-corrected chi connectivity index (χ0v) is 20.1. The van der Waals surface area contributed by atoms with Crippen LogP contribution >= 0.6 is 0 Å². The Kier molecular flexibility index (Phi) is 6.78. The molecule has 2 aliphatic heterocycles. The van der Waals surface area contributed by atoms with E-state index in [1.165, 1.54) is 18.5 Å². The Hall–Kier alpha value is -3.15. The van der Waals surface area contributed by atoms with Gasteiger partial charge in [0.05, 0.1) is 23.2 Å². The molecule has 1 saturated heterocycles. The molecular weight excluding hydrogens is 465 g/mol. The number of nitrogens with one attached hydrogen (secondary N) is 1. The first kappa shape index (κ1) is 24.0. The normalized spacial score (nSPS) is 16.7. The molecule has 0 saturated carbocycles. The highest BCUT2D eigenvalue weighted by Gasteiger charge is 2.33. The maximum atomic E-state index is 14.6. The molecule has 1 aromatic carbocycles. The first-order chi connectivity index (χ1) is 16.1. The van der Waals surface area contributed by atoms with E-state index in [0.717, 1.165) is 25.2 Å². The highest BCUT2D eigenvalue weighted by Crippen LogP contribution is 2.39. The Morgan fingerprint density at radius 3 is 2.62 bits per heavy atom. The third-order valence-electron chi connectivity index (χ3n) is 5.76. The van der Waals surface area contributed by atoms with Gasteiger partial charge in [0, 0.05) is 25.4 Å². The molecule has 2 aromatic rings. The molecule has 1 amide bonds. The minimum absolute atomic E-state index is 0.0750. The van der Waals surface area contributed by atoms with Gasteiger partial charge in [0.2, 0.25) is 5.75 Å². The molecule has 0 aliphatic carbocycles. The number of anilines is 3. The van der Waals surface area contributed by atoms with Gasteiger partial charge in [-0.3, -0.25) is 0 Å². The van der Waals surface area contributed by atoms with Gasteiger partial charge in [-0.1, -0.05) is 0 Å². The van der Waals surface area contributed by atoms with Gasteiger partial charge in [-0.2, -0.15) is 0 Å². The highest BCUT2D eigenvalue weighted by molar-refractivity contribution is 7.90. The Morgan fingerprint density at radius 2 is 1.97 bits per heavy atom. The summed E-state index contributed by atoms with van der Waals surface area (Å²) in [5.74, 6) is 0.573. The molecule has 4 rings (SSSR count). The van der Waals surface area contributed by atoms with Crippen molar-refractivity contribution < 1.29 is 27.1 Å². The van der Waals surface area contributed by atoms with Gasteiger partial charge in [0.15, 0.2) is 21.5 Å². The molecule has 1 aromatic heterocycles. The summed E-state index contributed by atoms with van der Waals surface area (Å²) in [5.41, 5.74) is 0.0750. The lowest BCUT2D eigenvalue weighted by Gasteiger charge is -2.41. The number of nitrogens with zero attached hydrogens (tertiary/aromatic N) is 4. The van der Waals surface area contributed by atoms with Gasteiger partial charge in [-0.15, -0.1) is 0 Å². The van der Waals surface area contributed by atoms with Crippen LogP contribution in [0.3, 0.4) is 0 Å². The van der Waals surface area contributed by atoms with Crippen LogP contribution in [0.1, 0.15) is 26.7 Å². The highest BCUT2D eigenvalue weighted by atomic mass is 32.2. The van der Waals surface area contributed by atoms with Gasteiger partial charge < -0.3 is 24.6 Å². The van der Waals surface area contributed by atoms with Crippen LogP contribution in [0, 0.1) is 5.82 Å². The van der Waals surface area contributed by atoms with Crippen LogP contribution in [0.2, 0.25) is 0 Å². The number of carbonyl (C=O) groups is 1. The molecule has 0 bridgehead atoms. The molecule has 12 heteroatoms. The summed E-state index contributed by atoms with van der Waals surface area (Å²) in [6.45, 7) is 5.84. The maximum absolute atomic E-state index is 14.6. The third-order valence-corrected chi connectivity index (χ3v) is 6.87. The number of carbonyl (C=O) groups excluding carboxylic acids is 1. The van der Waals surface area contributed by atoms with E-state index in [4.69, 9.17) is 9.47 Å².